The fourth-order valence-electron chi connectivity index (χ4n) is 3.83. The highest BCUT2D eigenvalue weighted by Gasteiger charge is 2.38. The molecule has 0 radical (unpaired) electrons. The van der Waals surface area contributed by atoms with Gasteiger partial charge in [-0.2, -0.15) is 17.9 Å². The van der Waals surface area contributed by atoms with Gasteiger partial charge in [0, 0.05) is 19.6 Å². The number of hydrogen-bond donors (Lipinski definition) is 3. The molecule has 0 spiro atoms. The van der Waals surface area contributed by atoms with Crippen molar-refractivity contribution in [3.05, 3.63) is 71.8 Å². The molecular weight excluding hydrogens is 527 g/mol. The summed E-state index contributed by atoms with van der Waals surface area (Å²) in [5, 5.41) is 8.78. The number of carbonyl (C=O) groups is 2. The van der Waals surface area contributed by atoms with Gasteiger partial charge in [-0.15, -0.1) is 0 Å². The van der Waals surface area contributed by atoms with E-state index in [0.717, 1.165) is 21.9 Å². The molecule has 0 unspecified atom stereocenters. The Morgan fingerprint density at radius 2 is 1.76 bits per heavy atom. The summed E-state index contributed by atoms with van der Waals surface area (Å²) >= 11 is 0. The highest BCUT2D eigenvalue weighted by molar-refractivity contribution is 7.89. The molecule has 3 aromatic rings. The third-order valence-electron chi connectivity index (χ3n) is 5.77. The molecule has 0 saturated carbocycles. The van der Waals surface area contributed by atoms with Crippen LogP contribution in [0.3, 0.4) is 0 Å². The van der Waals surface area contributed by atoms with Crippen molar-refractivity contribution < 1.29 is 41.0 Å². The van der Waals surface area contributed by atoms with Crippen LogP contribution in [0, 0.1) is 0 Å². The first-order chi connectivity index (χ1) is 17.8. The molecule has 0 aliphatic carbocycles. The van der Waals surface area contributed by atoms with E-state index in [1.54, 1.807) is 36.3 Å². The Morgan fingerprint density at radius 3 is 2.39 bits per heavy atom. The second-order valence-electron chi connectivity index (χ2n) is 8.42. The van der Waals surface area contributed by atoms with Crippen LogP contribution >= 0.6 is 0 Å². The van der Waals surface area contributed by atoms with Crippen LogP contribution < -0.4 is 15.2 Å². The molecule has 3 aromatic carbocycles. The van der Waals surface area contributed by atoms with Crippen molar-refractivity contribution in [2.24, 2.45) is 5.73 Å². The maximum atomic E-state index is 13.0. The summed E-state index contributed by atoms with van der Waals surface area (Å²) in [7, 11) is -2.29. The van der Waals surface area contributed by atoms with Gasteiger partial charge in [-0.25, -0.2) is 13.2 Å². The Hall–Kier alpha value is -3.68. The lowest BCUT2D eigenvalue weighted by Gasteiger charge is -2.18. The molecule has 4 rings (SSSR count). The van der Waals surface area contributed by atoms with E-state index in [0.29, 0.717) is 31.8 Å². The van der Waals surface area contributed by atoms with E-state index in [9.17, 15) is 26.4 Å². The summed E-state index contributed by atoms with van der Waals surface area (Å²) in [6.45, 7) is 1.36. The number of methoxy groups -OCH3 is 1. The molecule has 204 valence electrons. The Kier molecular flexibility index (Phi) is 8.97. The zero-order chi connectivity index (χ0) is 28.1. The average molecular weight is 554 g/mol. The summed E-state index contributed by atoms with van der Waals surface area (Å²) in [5.74, 6) is -2.33. The second-order valence-corrected chi connectivity index (χ2v) is 10.1. The van der Waals surface area contributed by atoms with Crippen molar-refractivity contribution in [1.82, 2.24) is 9.62 Å². The SMILES string of the molecule is COc1ccc2ccc(S(=O)(=O)N[C@H]3CCN(Cc4cccc(CN)c4)C3=O)cc2c1.O=C(O)C(F)(F)F. The van der Waals surface area contributed by atoms with E-state index < -0.39 is 28.2 Å². The molecule has 0 aromatic heterocycles. The number of ether oxygens (including phenoxy) is 1. The topological polar surface area (TPSA) is 139 Å². The first-order valence-corrected chi connectivity index (χ1v) is 12.8. The molecule has 1 heterocycles. The third-order valence-corrected chi connectivity index (χ3v) is 7.24. The van der Waals surface area contributed by atoms with Crippen molar-refractivity contribution in [1.29, 1.82) is 0 Å². The van der Waals surface area contributed by atoms with Gasteiger partial charge >= 0.3 is 12.1 Å². The number of rotatable bonds is 7. The lowest BCUT2D eigenvalue weighted by Crippen LogP contribution is -2.41. The summed E-state index contributed by atoms with van der Waals surface area (Å²) in [6.07, 6.45) is -4.66. The number of aliphatic carboxylic acids is 1. The van der Waals surface area contributed by atoms with E-state index in [1.165, 1.54) is 0 Å². The Morgan fingerprint density at radius 1 is 1.11 bits per heavy atom. The normalized spacial score (nSPS) is 15.8. The number of fused-ring (bicyclic) bond motifs is 1. The number of nitrogens with zero attached hydrogens (tertiary/aromatic N) is 1. The Labute approximate surface area is 217 Å². The van der Waals surface area contributed by atoms with Gasteiger partial charge in [-0.05, 0) is 52.6 Å². The average Bonchev–Trinajstić information content (AvgIpc) is 3.21. The molecule has 1 aliphatic heterocycles. The van der Waals surface area contributed by atoms with E-state index in [-0.39, 0.29) is 10.8 Å². The maximum Gasteiger partial charge on any atom is 0.490 e. The highest BCUT2D eigenvalue weighted by Crippen LogP contribution is 2.25. The summed E-state index contributed by atoms with van der Waals surface area (Å²) in [5.41, 5.74) is 7.66. The number of likely N-dealkylation sites (tertiary alicyclic amines) is 1. The second kappa shape index (κ2) is 11.8. The van der Waals surface area contributed by atoms with Crippen molar-refractivity contribution in [2.75, 3.05) is 13.7 Å². The minimum atomic E-state index is -5.08. The minimum absolute atomic E-state index is 0.121. The van der Waals surface area contributed by atoms with Crippen LogP contribution in [0.15, 0.2) is 65.6 Å². The number of sulfonamides is 1. The zero-order valence-electron chi connectivity index (χ0n) is 20.2. The molecular formula is C25H26F3N3O6S. The first kappa shape index (κ1) is 28.9. The van der Waals surface area contributed by atoms with Crippen molar-refractivity contribution in [2.45, 2.75) is 36.6 Å². The molecule has 9 nitrogen and oxygen atoms in total. The van der Waals surface area contributed by atoms with Crippen LogP contribution in [0.2, 0.25) is 0 Å². The van der Waals surface area contributed by atoms with Gasteiger partial charge in [0.2, 0.25) is 15.9 Å². The number of alkyl halides is 3. The molecule has 0 bridgehead atoms. The quantitative estimate of drug-likeness (QED) is 0.409. The van der Waals surface area contributed by atoms with Gasteiger partial charge in [-0.3, -0.25) is 4.79 Å². The maximum absolute atomic E-state index is 13.0. The monoisotopic (exact) mass is 553 g/mol. The van der Waals surface area contributed by atoms with Gasteiger partial charge in [0.05, 0.1) is 12.0 Å². The van der Waals surface area contributed by atoms with Crippen molar-refractivity contribution >= 4 is 32.7 Å². The Balaban J connectivity index is 0.000000505. The molecule has 4 N–H and O–H groups in total. The molecule has 1 amide bonds. The largest absolute Gasteiger partial charge is 0.497 e. The Bertz CT molecular complexity index is 1430. The van der Waals surface area contributed by atoms with Crippen LogP contribution in [0.4, 0.5) is 13.2 Å². The number of carboxylic acid groups (broad SMARTS) is 1. The summed E-state index contributed by atoms with van der Waals surface area (Å²) in [6, 6.07) is 17.3. The smallest absolute Gasteiger partial charge is 0.490 e. The van der Waals surface area contributed by atoms with Crippen molar-refractivity contribution in [3.8, 4) is 5.75 Å². The predicted octanol–water partition coefficient (Wildman–Crippen LogP) is 3.02. The fraction of sp³-hybridized carbons (Fsp3) is 0.280. The van der Waals surface area contributed by atoms with Crippen LogP contribution in [-0.2, 0) is 32.7 Å². The lowest BCUT2D eigenvalue weighted by molar-refractivity contribution is -0.192. The minimum Gasteiger partial charge on any atom is -0.497 e. The molecule has 1 fully saturated rings. The molecule has 1 aliphatic rings. The molecule has 13 heteroatoms. The van der Waals surface area contributed by atoms with E-state index in [2.05, 4.69) is 4.72 Å². The third kappa shape index (κ3) is 7.21. The number of amides is 1. The van der Waals surface area contributed by atoms with Gasteiger partial charge < -0.3 is 20.5 Å². The highest BCUT2D eigenvalue weighted by atomic mass is 32.2. The van der Waals surface area contributed by atoms with Crippen LogP contribution in [-0.4, -0.2) is 56.2 Å². The number of carboxylic acids is 1. The van der Waals surface area contributed by atoms with Gasteiger partial charge in [0.25, 0.3) is 0 Å². The van der Waals surface area contributed by atoms with Crippen LogP contribution in [0.1, 0.15) is 17.5 Å². The van der Waals surface area contributed by atoms with E-state index >= 15 is 0 Å². The number of nitrogens with one attached hydrogen (secondary N) is 1. The van der Waals surface area contributed by atoms with Crippen LogP contribution in [0.25, 0.3) is 10.8 Å². The first-order valence-electron chi connectivity index (χ1n) is 11.3. The molecule has 1 saturated heterocycles. The lowest BCUT2D eigenvalue weighted by atomic mass is 10.1. The van der Waals surface area contributed by atoms with Crippen molar-refractivity contribution in [3.63, 3.8) is 0 Å². The van der Waals surface area contributed by atoms with Gasteiger partial charge in [-0.1, -0.05) is 36.4 Å². The van der Waals surface area contributed by atoms with Crippen LogP contribution in [0.5, 0.6) is 5.75 Å². The number of benzene rings is 3. The zero-order valence-corrected chi connectivity index (χ0v) is 21.1. The number of halogens is 3. The number of nitrogens with two attached hydrogens (primary N) is 1. The summed E-state index contributed by atoms with van der Waals surface area (Å²) in [4.78, 5) is 23.5. The number of hydrogen-bond acceptors (Lipinski definition) is 6. The van der Waals surface area contributed by atoms with Gasteiger partial charge in [0.1, 0.15) is 11.8 Å². The van der Waals surface area contributed by atoms with Gasteiger partial charge in [0.15, 0.2) is 0 Å². The molecule has 38 heavy (non-hydrogen) atoms. The molecule has 1 atom stereocenters. The van der Waals surface area contributed by atoms with E-state index in [4.69, 9.17) is 20.4 Å². The standard InChI is InChI=1S/C23H25N3O4S.C2HF3O2/c1-30-20-7-5-18-6-8-21(13-19(18)12-20)31(28,29)25-22-9-10-26(23(22)27)15-17-4-2-3-16(11-17)14-24;3-2(4,5)1(6)7/h2-8,11-13,22,25H,9-10,14-15,24H2,1H3;(H,6,7)/t22-;/m0./s1. The predicted molar refractivity (Wildman–Crippen MR) is 133 cm³/mol. The number of carbonyl (C=O) groups excluding carboxylic acids is 1. The van der Waals surface area contributed by atoms with E-state index in [1.807, 2.05) is 36.4 Å². The fourth-order valence-corrected chi connectivity index (χ4v) is 5.09. The summed E-state index contributed by atoms with van der Waals surface area (Å²) < 4.78 is 65.4.